The molecule has 34 heavy (non-hydrogen) atoms. The second-order valence-electron chi connectivity index (χ2n) is 7.46. The van der Waals surface area contributed by atoms with Gasteiger partial charge in [0.2, 0.25) is 18.1 Å². The maximum absolute atomic E-state index is 7.49. The number of nitrogens with one attached hydrogen (secondary N) is 2. The van der Waals surface area contributed by atoms with E-state index in [1.54, 1.807) is 14.2 Å². The Bertz CT molecular complexity index is 391. The van der Waals surface area contributed by atoms with Crippen LogP contribution in [-0.4, -0.2) is 63.0 Å². The Morgan fingerprint density at radius 1 is 0.765 bits per heavy atom. The van der Waals surface area contributed by atoms with Crippen molar-refractivity contribution in [3.8, 4) is 0 Å². The Morgan fingerprint density at radius 2 is 1.09 bits per heavy atom. The molecule has 13 heteroatoms. The summed E-state index contributed by atoms with van der Waals surface area (Å²) in [5, 5.41) is 0. The molecule has 0 amide bonds. The average Bonchev–Trinajstić information content (AvgIpc) is 2.83. The third kappa shape index (κ3) is 19.8. The van der Waals surface area contributed by atoms with Crippen LogP contribution in [0.15, 0.2) is 0 Å². The summed E-state index contributed by atoms with van der Waals surface area (Å²) in [5.74, 6) is 0. The number of hydrogen-bond acceptors (Lipinski definition) is 5. The first kappa shape index (κ1) is 43.8. The minimum absolute atomic E-state index is 0. The molecular formula is C21H50N2O5Si4Y2-4. The van der Waals surface area contributed by atoms with Crippen LogP contribution in [-0.2, 0) is 86.6 Å². The van der Waals surface area contributed by atoms with Crippen molar-refractivity contribution in [2.75, 3.05) is 27.3 Å². The minimum atomic E-state index is -2.90. The first-order valence-corrected chi connectivity index (χ1v) is 19.6. The molecule has 2 atom stereocenters. The number of unbranched alkanes of at least 4 members (excludes halogenated alkanes) is 2. The van der Waals surface area contributed by atoms with E-state index in [-0.39, 0.29) is 65.4 Å². The molecular weight excluding hydrogens is 650 g/mol. The molecule has 1 aliphatic heterocycles. The molecule has 0 aromatic rings. The van der Waals surface area contributed by atoms with Crippen molar-refractivity contribution in [1.82, 2.24) is 0 Å². The smallest absolute Gasteiger partial charge is 0.482 e. The third-order valence-electron chi connectivity index (χ3n) is 4.74. The van der Waals surface area contributed by atoms with E-state index in [0.29, 0.717) is 38.0 Å². The molecule has 0 bridgehead atoms. The van der Waals surface area contributed by atoms with Crippen LogP contribution in [0.1, 0.15) is 66.2 Å². The van der Waals surface area contributed by atoms with Gasteiger partial charge in [-0.3, -0.25) is 0 Å². The van der Waals surface area contributed by atoms with Gasteiger partial charge in [0, 0.05) is 91.7 Å². The quantitative estimate of drug-likeness (QED) is 0.163. The summed E-state index contributed by atoms with van der Waals surface area (Å²) in [6.07, 6.45) is 5.94. The topological polar surface area (TPSA) is 93.8 Å². The second-order valence-corrected chi connectivity index (χ2v) is 19.4. The van der Waals surface area contributed by atoms with Gasteiger partial charge in [-0.25, -0.2) is 0 Å². The van der Waals surface area contributed by atoms with E-state index in [1.165, 1.54) is 12.8 Å². The van der Waals surface area contributed by atoms with E-state index in [9.17, 15) is 0 Å². The van der Waals surface area contributed by atoms with E-state index in [4.69, 9.17) is 32.7 Å². The average molecular weight is 701 g/mol. The molecule has 0 spiro atoms. The molecule has 0 aromatic carbocycles. The summed E-state index contributed by atoms with van der Waals surface area (Å²) < 4.78 is 31.2. The third-order valence-corrected chi connectivity index (χ3v) is 19.9. The van der Waals surface area contributed by atoms with Crippen LogP contribution in [0.5, 0.6) is 0 Å². The Kier molecular flexibility index (Phi) is 37.1. The number of rotatable bonds is 12. The minimum Gasteiger partial charge on any atom is -0.677 e. The Balaban J connectivity index is -0.000000390. The molecule has 0 aromatic heterocycles. The molecule has 0 saturated carbocycles. The zero-order valence-corrected chi connectivity index (χ0v) is 32.5. The molecule has 2 unspecified atom stereocenters. The van der Waals surface area contributed by atoms with Gasteiger partial charge in [0.1, 0.15) is 0 Å². The van der Waals surface area contributed by atoms with Crippen molar-refractivity contribution in [2.45, 2.75) is 96.1 Å². The Morgan fingerprint density at radius 3 is 1.29 bits per heavy atom. The number of hydrogen-bond donors (Lipinski definition) is 0. The fraction of sp³-hybridized carbons (Fsp3) is 0.905. The van der Waals surface area contributed by atoms with Crippen molar-refractivity contribution >= 4 is 35.7 Å². The van der Waals surface area contributed by atoms with Crippen LogP contribution >= 0.6 is 0 Å². The molecule has 1 heterocycles. The van der Waals surface area contributed by atoms with Gasteiger partial charge in [-0.15, -0.1) is 0 Å². The van der Waals surface area contributed by atoms with Crippen molar-refractivity contribution < 1.29 is 86.6 Å². The van der Waals surface area contributed by atoms with Crippen molar-refractivity contribution in [1.29, 1.82) is 0 Å². The maximum atomic E-state index is 7.49. The molecule has 1 rings (SSSR count). The largest absolute Gasteiger partial charge is 0.677 e. The van der Waals surface area contributed by atoms with E-state index >= 15 is 0 Å². The molecule has 0 aliphatic carbocycles. The van der Waals surface area contributed by atoms with Gasteiger partial charge in [0.05, 0.1) is 0 Å². The SMILES string of the molecule is CC[Si]1C[Si](CC)O[Si](CCC[NH-])(OC)O[Si](CCC[NH-])(OC)O1.[CH2-]CCC.[CH2-]CCC.[Y].[Y]. The Hall–Kier alpha value is 2.80. The van der Waals surface area contributed by atoms with Gasteiger partial charge >= 0.3 is 17.6 Å². The first-order valence-electron chi connectivity index (χ1n) is 12.1. The first-order chi connectivity index (χ1) is 15.3. The molecule has 1 fully saturated rings. The van der Waals surface area contributed by atoms with Gasteiger partial charge in [-0.05, 0) is 17.8 Å². The summed E-state index contributed by atoms with van der Waals surface area (Å²) in [5.41, 5.74) is 16.0. The predicted octanol–water partition coefficient (Wildman–Crippen LogP) is 6.90. The van der Waals surface area contributed by atoms with E-state index in [0.717, 1.165) is 30.6 Å². The second kappa shape index (κ2) is 28.8. The monoisotopic (exact) mass is 700 g/mol. The van der Waals surface area contributed by atoms with E-state index in [1.807, 2.05) is 0 Å². The molecule has 7 nitrogen and oxygen atoms in total. The standard InChI is InChI=1S/C13H32N2O5Si4.2C4H9.2Y/c1-5-21-13-22(6-2)19-24(17-4,12-8-10-15)20-23(16-3,18-21)11-7-9-14;2*1-3-4-2;;/h14-15H,5-13H2,1-4H3;2*1,3-4H2,2H3;;/q-2;2*-1;;. The summed E-state index contributed by atoms with van der Waals surface area (Å²) in [6.45, 7) is 16.4. The van der Waals surface area contributed by atoms with Gasteiger partial charge in [-0.1, -0.05) is 53.4 Å². The van der Waals surface area contributed by atoms with Gasteiger partial charge in [0.25, 0.3) is 0 Å². The fourth-order valence-corrected chi connectivity index (χ4v) is 20.5. The fourth-order valence-electron chi connectivity index (χ4n) is 2.59. The molecule has 200 valence electrons. The van der Waals surface area contributed by atoms with Crippen LogP contribution in [0.25, 0.3) is 11.5 Å². The van der Waals surface area contributed by atoms with Crippen LogP contribution in [0.2, 0.25) is 29.8 Å². The van der Waals surface area contributed by atoms with Crippen LogP contribution in [0, 0.1) is 13.8 Å². The molecule has 2 N–H and O–H groups in total. The maximum Gasteiger partial charge on any atom is 0.482 e. The van der Waals surface area contributed by atoms with Gasteiger partial charge < -0.3 is 46.5 Å². The molecule has 4 radical (unpaired) electrons. The van der Waals surface area contributed by atoms with Gasteiger partial charge in [-0.2, -0.15) is 25.9 Å². The molecule has 1 aliphatic rings. The zero-order valence-electron chi connectivity index (χ0n) is 22.8. The summed E-state index contributed by atoms with van der Waals surface area (Å²) in [4.78, 5) is 0. The molecule has 1 saturated heterocycles. The van der Waals surface area contributed by atoms with Crippen LogP contribution in [0.4, 0.5) is 0 Å². The van der Waals surface area contributed by atoms with E-state index < -0.39 is 35.7 Å². The zero-order chi connectivity index (χ0) is 24.9. The summed E-state index contributed by atoms with van der Waals surface area (Å²) >= 11 is 0. The summed E-state index contributed by atoms with van der Waals surface area (Å²) in [7, 11) is -4.56. The van der Waals surface area contributed by atoms with Crippen molar-refractivity contribution in [3.05, 3.63) is 25.3 Å². The Labute approximate surface area is 268 Å². The summed E-state index contributed by atoms with van der Waals surface area (Å²) in [6, 6.07) is 3.27. The van der Waals surface area contributed by atoms with Crippen molar-refractivity contribution in [2.24, 2.45) is 0 Å². The normalized spacial score (nSPS) is 23.1. The predicted molar refractivity (Wildman–Crippen MR) is 144 cm³/mol. The van der Waals surface area contributed by atoms with E-state index in [2.05, 4.69) is 41.5 Å². The van der Waals surface area contributed by atoms with Gasteiger partial charge in [0.15, 0.2) is 0 Å². The van der Waals surface area contributed by atoms with Crippen molar-refractivity contribution in [3.63, 3.8) is 0 Å². The van der Waals surface area contributed by atoms with Crippen LogP contribution < -0.4 is 0 Å². The van der Waals surface area contributed by atoms with Crippen LogP contribution in [0.3, 0.4) is 0 Å².